The first kappa shape index (κ1) is 27.4. The first-order valence-electron chi connectivity index (χ1n) is 0. The van der Waals surface area contributed by atoms with Crippen LogP contribution in [0.2, 0.25) is 0 Å². The van der Waals surface area contributed by atoms with Gasteiger partial charge in [0.15, 0.2) is 0 Å². The van der Waals surface area contributed by atoms with Gasteiger partial charge < -0.3 is 4.28 Å². The molecule has 0 aliphatic rings. The first-order valence-corrected chi connectivity index (χ1v) is 0. The van der Waals surface area contributed by atoms with Gasteiger partial charge in [0.1, 0.15) is 0 Å². The molecular weight excluding hydrogens is 231 g/mol. The Morgan fingerprint density at radius 2 is 1.25 bits per heavy atom. The molecule has 1 unspecified atom stereocenters. The standard InChI is InChI=1S/Ba.Fe.Li.H3P.3H/h;;;1H3;;;/q+2;;+1;;3*-1. The monoisotopic (exact) mass is 238 g/mol. The Balaban J connectivity index is 0. The zero-order chi connectivity index (χ0) is 0. The SMILES string of the molecule is P.[Ba+2].[Fe].[H-].[H-].[H-].[Li+]. The number of hydrogen-bond acceptors (Lipinski definition) is 0. The third kappa shape index (κ3) is 8.93. The molecule has 0 amide bonds. The van der Waals surface area contributed by atoms with Gasteiger partial charge in [-0.25, -0.2) is 0 Å². The normalized spacial score (nSPS) is 0. The van der Waals surface area contributed by atoms with Crippen LogP contribution in [0.25, 0.3) is 0 Å². The maximum atomic E-state index is 0. The van der Waals surface area contributed by atoms with Gasteiger partial charge in [-0.15, -0.1) is 0 Å². The number of hydrogen-bond donors (Lipinski definition) is 0. The molecule has 0 nitrogen and oxygen atoms in total. The van der Waals surface area contributed by atoms with Gasteiger partial charge >= 0.3 is 67.7 Å². The van der Waals surface area contributed by atoms with Crippen LogP contribution < -0.4 is 18.9 Å². The van der Waals surface area contributed by atoms with E-state index in [1.807, 2.05) is 0 Å². The second-order valence-electron chi connectivity index (χ2n) is 0. The molecule has 0 N–H and O–H groups in total. The fraction of sp³-hybridized carbons (Fsp3) is 0. The van der Waals surface area contributed by atoms with Gasteiger partial charge in [-0.2, -0.15) is 9.90 Å². The Hall–Kier alpha value is 3.12. The van der Waals surface area contributed by atoms with E-state index in [0.29, 0.717) is 0 Å². The van der Waals surface area contributed by atoms with E-state index in [0.717, 1.165) is 0 Å². The largest absolute Gasteiger partial charge is 2.00 e. The summed E-state index contributed by atoms with van der Waals surface area (Å²) in [6.45, 7) is 0. The van der Waals surface area contributed by atoms with Crippen LogP contribution in [0.4, 0.5) is 0 Å². The van der Waals surface area contributed by atoms with E-state index in [4.69, 9.17) is 0 Å². The van der Waals surface area contributed by atoms with Crippen molar-refractivity contribution in [2.75, 3.05) is 0 Å². The average molecular weight is 237 g/mol. The van der Waals surface area contributed by atoms with Crippen molar-refractivity contribution < 1.29 is 40.2 Å². The summed E-state index contributed by atoms with van der Waals surface area (Å²) in [7, 11) is 0. The number of rotatable bonds is 0. The van der Waals surface area contributed by atoms with Crippen LogP contribution in [-0.4, -0.2) is 48.9 Å². The van der Waals surface area contributed by atoms with Crippen LogP contribution >= 0.6 is 9.90 Å². The molecule has 22 valence electrons. The van der Waals surface area contributed by atoms with Crippen LogP contribution in [0.15, 0.2) is 0 Å². The van der Waals surface area contributed by atoms with Gasteiger partial charge in [0, 0.05) is 17.1 Å². The Morgan fingerprint density at radius 1 is 1.25 bits per heavy atom. The second kappa shape index (κ2) is 16.5. The van der Waals surface area contributed by atoms with Crippen molar-refractivity contribution in [1.82, 2.24) is 0 Å². The van der Waals surface area contributed by atoms with Crippen molar-refractivity contribution in [3.8, 4) is 0 Å². The molecule has 0 spiro atoms. The Labute approximate surface area is 97.0 Å². The first-order chi connectivity index (χ1) is 0. The van der Waals surface area contributed by atoms with Crippen molar-refractivity contribution >= 4 is 58.8 Å². The maximum Gasteiger partial charge on any atom is 2.00 e. The zero-order valence-electron chi connectivity index (χ0n) is 5.77. The molecule has 4 heavy (non-hydrogen) atoms. The average Bonchev–Trinajstić information content (AvgIpc) is 0. The Morgan fingerprint density at radius 3 is 1.25 bits per heavy atom. The van der Waals surface area contributed by atoms with E-state index >= 15 is 0 Å². The third-order valence-corrected chi connectivity index (χ3v) is 0. The summed E-state index contributed by atoms with van der Waals surface area (Å²) < 4.78 is 0. The second-order valence-corrected chi connectivity index (χ2v) is 0. The minimum Gasteiger partial charge on any atom is -1.00 e. The molecule has 0 saturated carbocycles. The molecule has 0 fully saturated rings. The van der Waals surface area contributed by atoms with Gasteiger partial charge in [0.2, 0.25) is 0 Å². The quantitative estimate of drug-likeness (QED) is 0.311. The molecule has 0 bridgehead atoms. The smallest absolute Gasteiger partial charge is 1.00 e. The van der Waals surface area contributed by atoms with Crippen molar-refractivity contribution in [2.45, 2.75) is 0 Å². The fourth-order valence-electron chi connectivity index (χ4n) is 0. The van der Waals surface area contributed by atoms with Crippen LogP contribution in [0, 0.1) is 0 Å². The van der Waals surface area contributed by atoms with E-state index in [-0.39, 0.29) is 99.0 Å². The molecule has 0 aromatic carbocycles. The molecule has 0 aromatic heterocycles. The van der Waals surface area contributed by atoms with E-state index < -0.39 is 0 Å². The van der Waals surface area contributed by atoms with Crippen molar-refractivity contribution in [3.63, 3.8) is 0 Å². The minimum atomic E-state index is 0. The van der Waals surface area contributed by atoms with E-state index in [2.05, 4.69) is 0 Å². The van der Waals surface area contributed by atoms with Crippen LogP contribution in [0.1, 0.15) is 4.28 Å². The third-order valence-electron chi connectivity index (χ3n) is 0. The summed E-state index contributed by atoms with van der Waals surface area (Å²) in [5.41, 5.74) is 0. The Bertz CT molecular complexity index is 14.9. The predicted molar refractivity (Wildman–Crippen MR) is 20.2 cm³/mol. The summed E-state index contributed by atoms with van der Waals surface area (Å²) in [5, 5.41) is 0. The topological polar surface area (TPSA) is 0 Å². The van der Waals surface area contributed by atoms with E-state index in [9.17, 15) is 0 Å². The zero-order valence-corrected chi connectivity index (χ0v) is 9.73. The molecule has 0 aliphatic heterocycles. The van der Waals surface area contributed by atoms with Gasteiger partial charge in [-0.05, 0) is 0 Å². The fourth-order valence-corrected chi connectivity index (χ4v) is 0. The summed E-state index contributed by atoms with van der Waals surface area (Å²) >= 11 is 0. The summed E-state index contributed by atoms with van der Waals surface area (Å²) in [6, 6.07) is 0. The van der Waals surface area contributed by atoms with Crippen LogP contribution in [0.5, 0.6) is 0 Å². The molecule has 0 aliphatic carbocycles. The minimum absolute atomic E-state index is 0. The van der Waals surface area contributed by atoms with Gasteiger partial charge in [0.05, 0.1) is 0 Å². The molecular formula is H6BaFeLiP. The summed E-state index contributed by atoms with van der Waals surface area (Å²) in [5.74, 6) is 0. The predicted octanol–water partition coefficient (Wildman–Crippen LogP) is -2.98. The molecule has 0 aromatic rings. The van der Waals surface area contributed by atoms with Crippen molar-refractivity contribution in [1.29, 1.82) is 0 Å². The van der Waals surface area contributed by atoms with E-state index in [1.54, 1.807) is 0 Å². The molecule has 4 heteroatoms. The van der Waals surface area contributed by atoms with Gasteiger partial charge in [0.25, 0.3) is 0 Å². The van der Waals surface area contributed by atoms with Gasteiger partial charge in [-0.3, -0.25) is 0 Å². The summed E-state index contributed by atoms with van der Waals surface area (Å²) in [4.78, 5) is 0. The molecule has 0 radical (unpaired) electrons. The van der Waals surface area contributed by atoms with Crippen LogP contribution in [0.3, 0.4) is 0 Å². The van der Waals surface area contributed by atoms with Crippen LogP contribution in [-0.2, 0) is 17.1 Å². The Kier molecular flexibility index (Phi) is 113. The molecule has 0 heterocycles. The molecule has 0 saturated heterocycles. The van der Waals surface area contributed by atoms with Crippen molar-refractivity contribution in [3.05, 3.63) is 0 Å². The van der Waals surface area contributed by atoms with Crippen molar-refractivity contribution in [2.24, 2.45) is 0 Å². The maximum absolute atomic E-state index is 0. The molecule has 1 atom stereocenters. The van der Waals surface area contributed by atoms with Gasteiger partial charge in [-0.1, -0.05) is 0 Å². The summed E-state index contributed by atoms with van der Waals surface area (Å²) in [6.07, 6.45) is 0. The van der Waals surface area contributed by atoms with E-state index in [1.165, 1.54) is 0 Å². The molecule has 0 rings (SSSR count).